The predicted octanol–water partition coefficient (Wildman–Crippen LogP) is 0.846. The first kappa shape index (κ1) is 9.47. The van der Waals surface area contributed by atoms with E-state index in [9.17, 15) is 0 Å². The molecule has 1 aromatic heterocycles. The molecule has 1 nitrogen and oxygen atoms in total. The first-order valence-electron chi connectivity index (χ1n) is 3.36. The Morgan fingerprint density at radius 3 is 2.10 bits per heavy atom. The third-order valence-corrected chi connectivity index (χ3v) is 0.868. The van der Waals surface area contributed by atoms with Gasteiger partial charge < -0.3 is 4.98 Å². The van der Waals surface area contributed by atoms with E-state index in [1.165, 1.54) is 0 Å². The molecule has 1 aromatic rings. The molecule has 1 N–H and O–H groups in total. The highest BCUT2D eigenvalue weighted by atomic mass is 14.6. The molecule has 0 atom stereocenters. The number of hydrogen-bond acceptors (Lipinski definition) is 0. The molecule has 1 heterocycles. The monoisotopic (exact) mass is 129 g/mol. The summed E-state index contributed by atoms with van der Waals surface area (Å²) in [5.41, 5.74) is 0. The standard InChI is InChI=1S/C4H5N.C2H5B3/c1-2-4-5-3-1;1-2-4-5-3/h1-5H;2H2,1H3. The summed E-state index contributed by atoms with van der Waals surface area (Å²) in [5, 5.41) is 0. The minimum atomic E-state index is 1.04. The van der Waals surface area contributed by atoms with Crippen LogP contribution in [0.3, 0.4) is 0 Å². The van der Waals surface area contributed by atoms with Crippen molar-refractivity contribution in [3.05, 3.63) is 24.5 Å². The highest BCUT2D eigenvalue weighted by Gasteiger charge is 1.73. The molecular weight excluding hydrogens is 119 g/mol. The Hall–Kier alpha value is -0.525. The molecule has 0 amide bonds. The quantitative estimate of drug-likeness (QED) is 0.569. The van der Waals surface area contributed by atoms with Gasteiger partial charge in [-0.1, -0.05) is 13.2 Å². The minimum Gasteiger partial charge on any atom is -0.368 e. The largest absolute Gasteiger partial charge is 0.368 e. The fourth-order valence-corrected chi connectivity index (χ4v) is 0.414. The Balaban J connectivity index is 0.000000162. The fraction of sp³-hybridized carbons (Fsp3) is 0.333. The van der Waals surface area contributed by atoms with E-state index in [0.29, 0.717) is 0 Å². The van der Waals surface area contributed by atoms with E-state index in [4.69, 9.17) is 7.74 Å². The zero-order valence-electron chi connectivity index (χ0n) is 6.25. The lowest BCUT2D eigenvalue weighted by Crippen LogP contribution is -1.98. The van der Waals surface area contributed by atoms with Gasteiger partial charge in [0.15, 0.2) is 0 Å². The summed E-state index contributed by atoms with van der Waals surface area (Å²) in [6.07, 6.45) is 4.79. The summed E-state index contributed by atoms with van der Waals surface area (Å²) in [7, 11) is 8.42. The lowest BCUT2D eigenvalue weighted by atomic mass is 9.27. The van der Waals surface area contributed by atoms with Crippen LogP contribution >= 0.6 is 0 Å². The minimum absolute atomic E-state index is 1.04. The second-order valence-electron chi connectivity index (χ2n) is 1.72. The smallest absolute Gasteiger partial charge is 0.0541 e. The molecule has 0 aliphatic rings. The van der Waals surface area contributed by atoms with Gasteiger partial charge in [0.1, 0.15) is 0 Å². The zero-order valence-corrected chi connectivity index (χ0v) is 6.25. The van der Waals surface area contributed by atoms with Crippen LogP contribution in [0.2, 0.25) is 6.32 Å². The number of aromatic amines is 1. The molecule has 0 bridgehead atoms. The van der Waals surface area contributed by atoms with Crippen LogP contribution in [0.4, 0.5) is 0 Å². The van der Waals surface area contributed by atoms with Crippen molar-refractivity contribution in [2.45, 2.75) is 13.2 Å². The molecule has 4 radical (unpaired) electrons. The van der Waals surface area contributed by atoms with Crippen molar-refractivity contribution in [2.75, 3.05) is 0 Å². The van der Waals surface area contributed by atoms with Gasteiger partial charge in [-0.2, -0.15) is 0 Å². The highest BCUT2D eigenvalue weighted by Crippen LogP contribution is 1.72. The van der Waals surface area contributed by atoms with Gasteiger partial charge in [0.05, 0.1) is 7.17 Å². The van der Waals surface area contributed by atoms with Crippen LogP contribution in [0.5, 0.6) is 0 Å². The number of hydrogen-bond donors (Lipinski definition) is 1. The van der Waals surface area contributed by atoms with Crippen LogP contribution in [-0.4, -0.2) is 27.0 Å². The first-order chi connectivity index (χ1) is 4.91. The Labute approximate surface area is 65.5 Å². The van der Waals surface area contributed by atoms with E-state index in [2.05, 4.69) is 4.98 Å². The molecule has 0 fully saturated rings. The van der Waals surface area contributed by atoms with E-state index >= 15 is 0 Å². The van der Waals surface area contributed by atoms with Crippen LogP contribution < -0.4 is 0 Å². The number of aromatic nitrogens is 1. The van der Waals surface area contributed by atoms with Gasteiger partial charge in [-0.05, 0) is 12.1 Å². The van der Waals surface area contributed by atoms with Crippen molar-refractivity contribution in [1.29, 1.82) is 0 Å². The van der Waals surface area contributed by atoms with Crippen molar-refractivity contribution >= 4 is 22.0 Å². The van der Waals surface area contributed by atoms with Crippen molar-refractivity contribution in [2.24, 2.45) is 0 Å². The van der Waals surface area contributed by atoms with Gasteiger partial charge in [0.25, 0.3) is 0 Å². The van der Waals surface area contributed by atoms with E-state index < -0.39 is 0 Å². The molecule has 0 aliphatic heterocycles. The molecule has 0 aliphatic carbocycles. The zero-order chi connectivity index (χ0) is 7.66. The van der Waals surface area contributed by atoms with Gasteiger partial charge in [0, 0.05) is 27.2 Å². The number of rotatable bonds is 2. The molecule has 1 rings (SSSR count). The highest BCUT2D eigenvalue weighted by molar-refractivity contribution is 7.23. The summed E-state index contributed by atoms with van der Waals surface area (Å²) in [4.78, 5) is 2.86. The Morgan fingerprint density at radius 1 is 1.40 bits per heavy atom. The summed E-state index contributed by atoms with van der Waals surface area (Å²) in [5.74, 6) is 0. The van der Waals surface area contributed by atoms with Crippen molar-refractivity contribution < 1.29 is 0 Å². The maximum atomic E-state index is 4.96. The van der Waals surface area contributed by atoms with Gasteiger partial charge in [0.2, 0.25) is 0 Å². The second kappa shape index (κ2) is 8.47. The number of nitrogens with one attached hydrogen (secondary N) is 1. The number of H-pyrrole nitrogens is 1. The third kappa shape index (κ3) is 7.47. The van der Waals surface area contributed by atoms with Crippen LogP contribution in [0, 0.1) is 0 Å². The molecule has 0 unspecified atom stereocenters. The molecule has 4 heteroatoms. The Bertz CT molecular complexity index is 99.3. The van der Waals surface area contributed by atoms with Gasteiger partial charge in [-0.3, -0.25) is 0 Å². The lowest BCUT2D eigenvalue weighted by Gasteiger charge is -1.74. The van der Waals surface area contributed by atoms with Crippen LogP contribution in [-0.2, 0) is 0 Å². The molecule has 0 saturated carbocycles. The maximum Gasteiger partial charge on any atom is 0.0541 e. The van der Waals surface area contributed by atoms with Crippen molar-refractivity contribution in [1.82, 2.24) is 4.98 Å². The molecule has 48 valence electrons. The van der Waals surface area contributed by atoms with Gasteiger partial charge in [-0.15, -0.1) is 0 Å². The molecule has 10 heavy (non-hydrogen) atoms. The fourth-order valence-electron chi connectivity index (χ4n) is 0.414. The van der Waals surface area contributed by atoms with E-state index in [1.807, 2.05) is 38.6 Å². The first-order valence-corrected chi connectivity index (χ1v) is 3.36. The van der Waals surface area contributed by atoms with Crippen LogP contribution in [0.15, 0.2) is 24.5 Å². The molecule has 0 aromatic carbocycles. The summed E-state index contributed by atoms with van der Waals surface area (Å²) < 4.78 is 0. The van der Waals surface area contributed by atoms with Crippen LogP contribution in [0.25, 0.3) is 0 Å². The Morgan fingerprint density at radius 2 is 2.00 bits per heavy atom. The normalized spacial score (nSPS) is 7.30. The molecule has 0 saturated heterocycles. The van der Waals surface area contributed by atoms with E-state index in [-0.39, 0.29) is 0 Å². The second-order valence-corrected chi connectivity index (χ2v) is 1.72. The van der Waals surface area contributed by atoms with Crippen LogP contribution in [0.1, 0.15) is 6.92 Å². The van der Waals surface area contributed by atoms with Crippen molar-refractivity contribution in [3.63, 3.8) is 0 Å². The van der Waals surface area contributed by atoms with Gasteiger partial charge >= 0.3 is 0 Å². The average molecular weight is 129 g/mol. The average Bonchev–Trinajstić information content (AvgIpc) is 2.44. The van der Waals surface area contributed by atoms with E-state index in [1.54, 1.807) is 7.06 Å². The summed E-state index contributed by atoms with van der Waals surface area (Å²) >= 11 is 0. The topological polar surface area (TPSA) is 15.8 Å². The predicted molar refractivity (Wildman–Crippen MR) is 48.5 cm³/mol. The lowest BCUT2D eigenvalue weighted by molar-refractivity contribution is 1.42. The molecular formula is C6H10B3N. The Kier molecular flexibility index (Phi) is 8.03. The van der Waals surface area contributed by atoms with Crippen molar-refractivity contribution in [3.8, 4) is 0 Å². The molecule has 0 spiro atoms. The third-order valence-electron chi connectivity index (χ3n) is 0.868. The SMILES string of the molecule is [B][B][B]CC.c1cc[nH]c1. The maximum absolute atomic E-state index is 4.96. The summed E-state index contributed by atoms with van der Waals surface area (Å²) in [6, 6.07) is 3.89. The van der Waals surface area contributed by atoms with E-state index in [0.717, 1.165) is 6.32 Å². The van der Waals surface area contributed by atoms with Gasteiger partial charge in [-0.25, -0.2) is 0 Å². The summed E-state index contributed by atoms with van der Waals surface area (Å²) in [6.45, 7) is 2.04.